The maximum absolute atomic E-state index is 13.4. The van der Waals surface area contributed by atoms with Gasteiger partial charge in [0.15, 0.2) is 10.0 Å². The second kappa shape index (κ2) is 37.4. The van der Waals surface area contributed by atoms with Crippen molar-refractivity contribution >= 4 is 125 Å². The number of aromatic nitrogens is 3. The number of nitrogens with two attached hydrogens (primary N) is 2. The first-order valence-corrected chi connectivity index (χ1v) is 38.0. The van der Waals surface area contributed by atoms with Crippen molar-refractivity contribution in [1.82, 2.24) is 30.1 Å². The van der Waals surface area contributed by atoms with E-state index in [0.29, 0.717) is 97.2 Å². The molecule has 0 radical (unpaired) electrons. The maximum Gasteiger partial charge on any atom is 1.00 e. The van der Waals surface area contributed by atoms with E-state index in [9.17, 15) is 38.7 Å². The number of thiazole rings is 3. The van der Waals surface area contributed by atoms with Crippen molar-refractivity contribution < 1.29 is 89.7 Å². The Kier molecular flexibility index (Phi) is 29.0. The molecule has 34 heteroatoms. The third-order valence-electron chi connectivity index (χ3n) is 16.2. The van der Waals surface area contributed by atoms with Gasteiger partial charge in [-0.05, 0) is 175 Å². The van der Waals surface area contributed by atoms with Crippen molar-refractivity contribution in [2.45, 2.75) is 126 Å². The molecule has 3 fully saturated rings. The van der Waals surface area contributed by atoms with Gasteiger partial charge in [0, 0.05) is 95.2 Å². The summed E-state index contributed by atoms with van der Waals surface area (Å²) in [5.74, 6) is -1.92. The minimum atomic E-state index is -1.26. The number of piperazine rings is 3. The van der Waals surface area contributed by atoms with Crippen molar-refractivity contribution in [3.05, 3.63) is 142 Å². The zero-order valence-electron chi connectivity index (χ0n) is 65.5. The summed E-state index contributed by atoms with van der Waals surface area (Å²) in [7, 11) is 0. The summed E-state index contributed by atoms with van der Waals surface area (Å²) in [6.45, 7) is 35.6. The van der Waals surface area contributed by atoms with Crippen molar-refractivity contribution in [3.63, 3.8) is 0 Å². The summed E-state index contributed by atoms with van der Waals surface area (Å²) >= 11 is 3.82. The largest absolute Gasteiger partial charge is 1.00 e. The Morgan fingerprint density at radius 3 is 1.15 bits per heavy atom. The number of amides is 6. The number of nitrogens with zero attached hydrogens (tertiary/aromatic N) is 8. The van der Waals surface area contributed by atoms with Gasteiger partial charge in [-0.15, -0.1) is 0 Å². The van der Waals surface area contributed by atoms with Gasteiger partial charge in [-0.3, -0.25) is 20.2 Å². The summed E-state index contributed by atoms with van der Waals surface area (Å²) in [4.78, 5) is 108. The molecule has 12 rings (SSSR count). The molecule has 3 aliphatic rings. The number of rotatable bonds is 13. The molecule has 0 bridgehead atoms. The number of hydrogen-bond acceptors (Lipinski definition) is 27. The van der Waals surface area contributed by atoms with Crippen LogP contribution in [-0.4, -0.2) is 168 Å². The number of nitrogen functional groups attached to an aromatic ring is 2. The first kappa shape index (κ1) is 86.0. The van der Waals surface area contributed by atoms with E-state index in [0.717, 1.165) is 97.3 Å². The number of carbonyl (C=O) groups is 7. The van der Waals surface area contributed by atoms with Crippen LogP contribution >= 0.6 is 34.0 Å². The number of aryl methyl sites for hydroxylation is 3. The molecule has 6 amide bonds. The first-order valence-electron chi connectivity index (χ1n) is 35.5. The molecule has 3 aliphatic heterocycles. The van der Waals surface area contributed by atoms with E-state index in [4.69, 9.17) is 43.7 Å². The molecule has 9 aromatic rings. The van der Waals surface area contributed by atoms with Gasteiger partial charge in [0.25, 0.3) is 11.8 Å². The number of furan rings is 3. The minimum Gasteiger partial charge on any atom is -0.542 e. The van der Waals surface area contributed by atoms with E-state index in [2.05, 4.69) is 51.3 Å². The Morgan fingerprint density at radius 2 is 0.775 bits per heavy atom. The van der Waals surface area contributed by atoms with Crippen LogP contribution in [0.3, 0.4) is 0 Å². The van der Waals surface area contributed by atoms with E-state index in [1.54, 1.807) is 132 Å². The Hall–Kier alpha value is -10.6. The number of nitrogens with one attached hydrogen (secondary N) is 5. The average molecular weight is 1570 g/mol. The molecule has 111 heavy (non-hydrogen) atoms. The van der Waals surface area contributed by atoms with Gasteiger partial charge in [-0.2, -0.15) is 0 Å². The Balaban J connectivity index is 0.000000193. The predicted octanol–water partition coefficient (Wildman–Crippen LogP) is 11.1. The fourth-order valence-corrected chi connectivity index (χ4v) is 14.1. The van der Waals surface area contributed by atoms with Crippen LogP contribution in [0.15, 0.2) is 124 Å². The standard InChI is InChI=1S/C29H37N5O6S.C19H21N5O2S.C15H18N2O3.C14H21N3O4S.Li/c1-18-25(33-11-13-34(14-12-33)27(37)40-29(5,6)7)41-24(30-18)23(35)31-22-16-19(20-10-15-38-17-20)8-9-21(22)32-26(36)39-28(2,3)4;1-12-19(24-7-5-21-6-8-24)27-18(22-12)17(25)23-16-10-13(2-3-15(16)20)14-4-9-26-11-14;1-15(2,3)20-14(18)17-13-5-4-10(8-12(13)16)11-6-7-19-9-11;1-9-11(22-10(15-9)12(18)19)16-5-7-17(8-6-16)13(20)21-14(2,3)4;/h8-10,15-17H,11-14H2,1-7H3,(H,31,35)(H,32,36);2-4,9-11,21H,5-8,20H2,1H3,(H,23,25);4-9H,16H2,1-3H3,(H,17,18);5-8H2,1-4H3,(H,18,19);/q;;;;+1/p-1. The number of carboxylic acid groups (broad SMARTS) is 1. The third kappa shape index (κ3) is 25.2. The second-order valence-electron chi connectivity index (χ2n) is 29.7. The zero-order chi connectivity index (χ0) is 80.0. The van der Waals surface area contributed by atoms with Gasteiger partial charge < -0.3 is 94.0 Å². The third-order valence-corrected chi connectivity index (χ3v) is 19.8. The number of carbonyl (C=O) groups excluding carboxylic acids is 7. The minimum absolute atomic E-state index is 0. The van der Waals surface area contributed by atoms with Gasteiger partial charge in [0.1, 0.15) is 48.4 Å². The van der Waals surface area contributed by atoms with Crippen LogP contribution in [0.25, 0.3) is 33.4 Å². The zero-order valence-corrected chi connectivity index (χ0v) is 67.9. The Labute approximate surface area is 669 Å². The van der Waals surface area contributed by atoms with Crippen LogP contribution in [0.5, 0.6) is 0 Å². The normalized spacial score (nSPS) is 13.8. The van der Waals surface area contributed by atoms with E-state index in [1.807, 2.05) is 96.7 Å². The molecule has 6 aromatic heterocycles. The van der Waals surface area contributed by atoms with Crippen LogP contribution in [0, 0.1) is 20.8 Å². The number of anilines is 9. The number of carboxylic acids is 1. The first-order chi connectivity index (χ1) is 51.8. The van der Waals surface area contributed by atoms with Crippen LogP contribution in [-0.2, 0) is 18.9 Å². The fraction of sp³-hybridized carbons (Fsp3) is 0.403. The molecule has 588 valence electrons. The van der Waals surface area contributed by atoms with Gasteiger partial charge in [0.05, 0.1) is 88.8 Å². The summed E-state index contributed by atoms with van der Waals surface area (Å²) < 4.78 is 36.8. The van der Waals surface area contributed by atoms with E-state index in [-0.39, 0.29) is 47.0 Å². The second-order valence-corrected chi connectivity index (χ2v) is 32.7. The molecule has 3 aromatic carbocycles. The predicted molar refractivity (Wildman–Crippen MR) is 427 cm³/mol. The number of ether oxygens (including phenoxy) is 4. The van der Waals surface area contributed by atoms with Gasteiger partial charge in [0.2, 0.25) is 0 Å². The molecular weight excluding hydrogens is 1480 g/mol. The molecule has 3 saturated heterocycles. The molecule has 30 nitrogen and oxygen atoms in total. The van der Waals surface area contributed by atoms with Crippen LogP contribution < -0.4 is 76.7 Å². The smallest absolute Gasteiger partial charge is 0.542 e. The molecule has 9 N–H and O–H groups in total. The molecule has 0 unspecified atom stereocenters. The molecular formula is C77H96LiN15O15S3. The number of hydrogen-bond donors (Lipinski definition) is 7. The molecule has 0 aliphatic carbocycles. The molecule has 0 atom stereocenters. The quantitative estimate of drug-likeness (QED) is 0.0320. The van der Waals surface area contributed by atoms with Crippen molar-refractivity contribution in [2.75, 3.05) is 126 Å². The van der Waals surface area contributed by atoms with Gasteiger partial charge in [-0.1, -0.05) is 52.2 Å². The molecule has 0 saturated carbocycles. The van der Waals surface area contributed by atoms with Crippen molar-refractivity contribution in [1.29, 1.82) is 0 Å². The Morgan fingerprint density at radius 1 is 0.423 bits per heavy atom. The number of aromatic carboxylic acids is 1. The monoisotopic (exact) mass is 1570 g/mol. The summed E-state index contributed by atoms with van der Waals surface area (Å²) in [5.41, 5.74) is 20.1. The van der Waals surface area contributed by atoms with Crippen molar-refractivity contribution in [2.24, 2.45) is 0 Å². The van der Waals surface area contributed by atoms with E-state index in [1.165, 1.54) is 22.7 Å². The summed E-state index contributed by atoms with van der Waals surface area (Å²) in [6.07, 6.45) is 7.85. The molecule has 9 heterocycles. The van der Waals surface area contributed by atoms with Gasteiger partial charge >= 0.3 is 43.2 Å². The average Bonchev–Trinajstić information content (AvgIpc) is 1.71. The number of benzene rings is 3. The summed E-state index contributed by atoms with van der Waals surface area (Å²) in [5, 5.41) is 28.8. The summed E-state index contributed by atoms with van der Waals surface area (Å²) in [6, 6.07) is 21.7. The SMILES string of the molecule is CC(C)(C)OC(=O)Nc1ccc(-c2ccoc2)cc1N.Cc1nc(C(=O)Nc2cc(-c3ccoc3)ccc2N)sc1N1CCNCC1.Cc1nc(C(=O)Nc2cc(-c3ccoc3)ccc2NC(=O)OC(C)(C)C)sc1N1CCN(C(=O)OC(C)(C)C)CC1.Cc1nc(C(=O)[O-])sc1N1CCN(C(=O)OC(C)(C)C)CC1.[Li+]. The topological polar surface area (TPSA) is 386 Å². The Bertz CT molecular complexity index is 4650. The molecule has 0 spiro atoms. The van der Waals surface area contributed by atoms with Crippen LogP contribution in [0.2, 0.25) is 0 Å². The van der Waals surface area contributed by atoms with Crippen molar-refractivity contribution in [3.8, 4) is 33.4 Å². The van der Waals surface area contributed by atoms with E-state index >= 15 is 0 Å². The van der Waals surface area contributed by atoms with Gasteiger partial charge in [-0.25, -0.2) is 34.1 Å². The van der Waals surface area contributed by atoms with Crippen LogP contribution in [0.4, 0.5) is 68.3 Å². The van der Waals surface area contributed by atoms with E-state index < -0.39 is 46.5 Å². The maximum atomic E-state index is 13.4. The van der Waals surface area contributed by atoms with Crippen LogP contribution in [0.1, 0.15) is 130 Å². The fourth-order valence-electron chi connectivity index (χ4n) is 11.1.